The van der Waals surface area contributed by atoms with Gasteiger partial charge in [0.25, 0.3) is 0 Å². The van der Waals surface area contributed by atoms with E-state index in [1.807, 2.05) is 30.3 Å². The number of aromatic nitrogens is 3. The molecule has 1 atom stereocenters. The lowest BCUT2D eigenvalue weighted by molar-refractivity contribution is 0.268. The third kappa shape index (κ3) is 5.03. The predicted molar refractivity (Wildman–Crippen MR) is 114 cm³/mol. The van der Waals surface area contributed by atoms with Crippen molar-refractivity contribution in [2.45, 2.75) is 32.4 Å². The van der Waals surface area contributed by atoms with Crippen LogP contribution in [0.2, 0.25) is 0 Å². The van der Waals surface area contributed by atoms with Gasteiger partial charge in [-0.2, -0.15) is 4.98 Å². The van der Waals surface area contributed by atoms with Gasteiger partial charge in [0, 0.05) is 24.4 Å². The number of nitrogens with one attached hydrogen (secondary N) is 2. The number of rotatable bonds is 10. The van der Waals surface area contributed by atoms with Crippen molar-refractivity contribution in [3.8, 4) is 11.5 Å². The monoisotopic (exact) mass is 397 g/mol. The molecule has 2 aromatic heterocycles. The molecule has 0 fully saturated rings. The average Bonchev–Trinajstić information content (AvgIpc) is 2.77. The van der Waals surface area contributed by atoms with Crippen molar-refractivity contribution in [1.82, 2.24) is 15.0 Å². The number of anilines is 2. The summed E-state index contributed by atoms with van der Waals surface area (Å²) in [6, 6.07) is 9.30. The maximum Gasteiger partial charge on any atom is 0.225 e. The summed E-state index contributed by atoms with van der Waals surface area (Å²) in [7, 11) is 3.25. The number of aliphatic hydroxyl groups excluding tert-OH is 1. The standard InChI is InChI=1S/C21H27N5O3/c1-4-6-15(13-27)24-20-19-17(7-5-10-22-19)25-21(26-20)23-12-14-8-9-16(28-2)11-18(14)29-3/h5,7-11,15,27H,4,6,12-13H2,1-3H3,(H2,23,24,25,26). The first-order valence-corrected chi connectivity index (χ1v) is 9.63. The Morgan fingerprint density at radius 2 is 2.00 bits per heavy atom. The van der Waals surface area contributed by atoms with Crippen LogP contribution < -0.4 is 20.1 Å². The highest BCUT2D eigenvalue weighted by atomic mass is 16.5. The molecule has 0 aliphatic heterocycles. The van der Waals surface area contributed by atoms with E-state index in [1.54, 1.807) is 20.4 Å². The number of hydrogen-bond donors (Lipinski definition) is 3. The lowest BCUT2D eigenvalue weighted by atomic mass is 10.2. The summed E-state index contributed by atoms with van der Waals surface area (Å²) in [6.07, 6.45) is 3.50. The summed E-state index contributed by atoms with van der Waals surface area (Å²) in [5, 5.41) is 16.2. The molecule has 0 spiro atoms. The van der Waals surface area contributed by atoms with Crippen LogP contribution in [-0.4, -0.2) is 46.9 Å². The van der Waals surface area contributed by atoms with Gasteiger partial charge >= 0.3 is 0 Å². The Morgan fingerprint density at radius 3 is 2.72 bits per heavy atom. The number of methoxy groups -OCH3 is 2. The number of nitrogens with zero attached hydrogens (tertiary/aromatic N) is 3. The Morgan fingerprint density at radius 1 is 1.14 bits per heavy atom. The van der Waals surface area contributed by atoms with Crippen molar-refractivity contribution in [3.05, 3.63) is 42.1 Å². The van der Waals surface area contributed by atoms with E-state index in [-0.39, 0.29) is 12.6 Å². The van der Waals surface area contributed by atoms with Gasteiger partial charge in [0.2, 0.25) is 5.95 Å². The van der Waals surface area contributed by atoms with E-state index in [0.29, 0.717) is 23.8 Å². The lowest BCUT2D eigenvalue weighted by Crippen LogP contribution is -2.24. The average molecular weight is 397 g/mol. The highest BCUT2D eigenvalue weighted by Gasteiger charge is 2.14. The number of hydrogen-bond acceptors (Lipinski definition) is 8. The molecule has 0 amide bonds. The van der Waals surface area contributed by atoms with Gasteiger partial charge in [0.15, 0.2) is 5.82 Å². The van der Waals surface area contributed by atoms with Crippen molar-refractivity contribution < 1.29 is 14.6 Å². The summed E-state index contributed by atoms with van der Waals surface area (Å²) in [5.74, 6) is 2.53. The zero-order chi connectivity index (χ0) is 20.6. The molecule has 8 heteroatoms. The third-order valence-electron chi connectivity index (χ3n) is 4.58. The summed E-state index contributed by atoms with van der Waals surface area (Å²) in [5.41, 5.74) is 2.36. The number of fused-ring (bicyclic) bond motifs is 1. The van der Waals surface area contributed by atoms with Gasteiger partial charge in [0.05, 0.1) is 32.4 Å². The maximum absolute atomic E-state index is 9.65. The fraction of sp³-hybridized carbons (Fsp3) is 0.381. The highest BCUT2D eigenvalue weighted by Crippen LogP contribution is 2.26. The van der Waals surface area contributed by atoms with Crippen LogP contribution in [0.25, 0.3) is 11.0 Å². The van der Waals surface area contributed by atoms with Gasteiger partial charge in [0.1, 0.15) is 17.0 Å². The Labute approximate surface area is 170 Å². The molecule has 0 aliphatic rings. The molecule has 2 heterocycles. The Kier molecular flexibility index (Phi) is 7.02. The topological polar surface area (TPSA) is 101 Å². The summed E-state index contributed by atoms with van der Waals surface area (Å²) < 4.78 is 10.7. The Bertz CT molecular complexity index is 951. The summed E-state index contributed by atoms with van der Waals surface area (Å²) >= 11 is 0. The van der Waals surface area contributed by atoms with Gasteiger partial charge in [-0.3, -0.25) is 4.98 Å². The van der Waals surface area contributed by atoms with E-state index in [4.69, 9.17) is 9.47 Å². The largest absolute Gasteiger partial charge is 0.497 e. The fourth-order valence-electron chi connectivity index (χ4n) is 3.07. The molecule has 0 saturated heterocycles. The minimum Gasteiger partial charge on any atom is -0.497 e. The van der Waals surface area contributed by atoms with E-state index in [1.165, 1.54) is 0 Å². The molecule has 154 valence electrons. The molecule has 0 radical (unpaired) electrons. The minimum absolute atomic E-state index is 0.0258. The molecule has 3 N–H and O–H groups in total. The van der Waals surface area contributed by atoms with Crippen molar-refractivity contribution in [2.75, 3.05) is 31.5 Å². The van der Waals surface area contributed by atoms with Crippen LogP contribution in [0.4, 0.5) is 11.8 Å². The fourth-order valence-corrected chi connectivity index (χ4v) is 3.07. The molecular weight excluding hydrogens is 370 g/mol. The van der Waals surface area contributed by atoms with E-state index in [2.05, 4.69) is 32.5 Å². The van der Waals surface area contributed by atoms with Gasteiger partial charge in [-0.25, -0.2) is 4.98 Å². The minimum atomic E-state index is -0.0883. The first kappa shape index (κ1) is 20.6. The van der Waals surface area contributed by atoms with Crippen LogP contribution in [0.1, 0.15) is 25.3 Å². The first-order valence-electron chi connectivity index (χ1n) is 9.63. The van der Waals surface area contributed by atoms with Crippen LogP contribution in [0, 0.1) is 0 Å². The van der Waals surface area contributed by atoms with Gasteiger partial charge in [-0.15, -0.1) is 0 Å². The van der Waals surface area contributed by atoms with Gasteiger partial charge < -0.3 is 25.2 Å². The Balaban J connectivity index is 1.86. The van der Waals surface area contributed by atoms with Crippen molar-refractivity contribution in [2.24, 2.45) is 0 Å². The number of pyridine rings is 1. The smallest absolute Gasteiger partial charge is 0.225 e. The lowest BCUT2D eigenvalue weighted by Gasteiger charge is -2.18. The molecule has 3 rings (SSSR count). The van der Waals surface area contributed by atoms with Crippen molar-refractivity contribution >= 4 is 22.8 Å². The molecule has 1 unspecified atom stereocenters. The molecule has 8 nitrogen and oxygen atoms in total. The number of benzene rings is 1. The zero-order valence-electron chi connectivity index (χ0n) is 17.0. The molecule has 0 aliphatic carbocycles. The second kappa shape index (κ2) is 9.88. The first-order chi connectivity index (χ1) is 14.2. The molecule has 0 bridgehead atoms. The van der Waals surface area contributed by atoms with Gasteiger partial charge in [-0.1, -0.05) is 13.3 Å². The van der Waals surface area contributed by atoms with Crippen molar-refractivity contribution in [1.29, 1.82) is 0 Å². The number of aliphatic hydroxyl groups is 1. The summed E-state index contributed by atoms with van der Waals surface area (Å²) in [4.78, 5) is 13.6. The second-order valence-electron chi connectivity index (χ2n) is 6.61. The maximum atomic E-state index is 9.65. The molecular formula is C21H27N5O3. The molecule has 3 aromatic rings. The van der Waals surface area contributed by atoms with Gasteiger partial charge in [-0.05, 0) is 30.7 Å². The van der Waals surface area contributed by atoms with E-state index in [0.717, 1.165) is 35.4 Å². The summed E-state index contributed by atoms with van der Waals surface area (Å²) in [6.45, 7) is 2.59. The highest BCUT2D eigenvalue weighted by molar-refractivity contribution is 5.86. The third-order valence-corrected chi connectivity index (χ3v) is 4.58. The normalized spacial score (nSPS) is 11.9. The second-order valence-corrected chi connectivity index (χ2v) is 6.61. The van der Waals surface area contributed by atoms with E-state index >= 15 is 0 Å². The van der Waals surface area contributed by atoms with Crippen LogP contribution in [-0.2, 0) is 6.54 Å². The molecule has 29 heavy (non-hydrogen) atoms. The number of ether oxygens (including phenoxy) is 2. The van der Waals surface area contributed by atoms with Crippen LogP contribution in [0.5, 0.6) is 11.5 Å². The van der Waals surface area contributed by atoms with E-state index < -0.39 is 0 Å². The van der Waals surface area contributed by atoms with E-state index in [9.17, 15) is 5.11 Å². The zero-order valence-corrected chi connectivity index (χ0v) is 17.0. The quantitative estimate of drug-likeness (QED) is 0.479. The predicted octanol–water partition coefficient (Wildman–Crippen LogP) is 3.23. The van der Waals surface area contributed by atoms with Crippen LogP contribution in [0.3, 0.4) is 0 Å². The van der Waals surface area contributed by atoms with Crippen molar-refractivity contribution in [3.63, 3.8) is 0 Å². The Hall–Kier alpha value is -3.13. The van der Waals surface area contributed by atoms with Crippen LogP contribution >= 0.6 is 0 Å². The molecule has 1 aromatic carbocycles. The molecule has 0 saturated carbocycles. The SMILES string of the molecule is CCCC(CO)Nc1nc(NCc2ccc(OC)cc2OC)nc2cccnc12. The van der Waals surface area contributed by atoms with Crippen LogP contribution in [0.15, 0.2) is 36.5 Å².